The van der Waals surface area contributed by atoms with Crippen molar-refractivity contribution in [1.82, 2.24) is 5.32 Å². The fraction of sp³-hybridized carbons (Fsp3) is 0.350. The largest absolute Gasteiger partial charge is 0.449 e. The van der Waals surface area contributed by atoms with Crippen molar-refractivity contribution in [2.24, 2.45) is 5.11 Å². The van der Waals surface area contributed by atoms with Gasteiger partial charge in [0.1, 0.15) is 6.61 Å². The number of carbonyl (C=O) groups excluding carboxylic acids is 1. The lowest BCUT2D eigenvalue weighted by atomic mass is 9.98. The van der Waals surface area contributed by atoms with Gasteiger partial charge in [-0.25, -0.2) is 4.79 Å². The fourth-order valence-corrected chi connectivity index (χ4v) is 3.37. The molecule has 6 nitrogen and oxygen atoms in total. The Hall–Kier alpha value is -2.98. The van der Waals surface area contributed by atoms with Crippen LogP contribution in [0.15, 0.2) is 53.6 Å². The molecule has 6 heteroatoms. The van der Waals surface area contributed by atoms with Crippen molar-refractivity contribution in [1.29, 1.82) is 0 Å². The predicted octanol–water partition coefficient (Wildman–Crippen LogP) is 5.01. The van der Waals surface area contributed by atoms with Crippen LogP contribution in [0, 0.1) is 0 Å². The number of ether oxygens (including phenoxy) is 1. The van der Waals surface area contributed by atoms with E-state index >= 15 is 0 Å². The van der Waals surface area contributed by atoms with Crippen LogP contribution in [0.2, 0.25) is 0 Å². The van der Waals surface area contributed by atoms with Gasteiger partial charge in [-0.3, -0.25) is 0 Å². The Bertz CT molecular complexity index is 769. The Morgan fingerprint density at radius 1 is 1.04 bits per heavy atom. The number of amides is 1. The van der Waals surface area contributed by atoms with Crippen LogP contribution in [-0.4, -0.2) is 25.8 Å². The molecule has 134 valence electrons. The molecule has 2 aromatic rings. The molecule has 0 unspecified atom stereocenters. The fourth-order valence-electron chi connectivity index (χ4n) is 3.37. The first-order valence-corrected chi connectivity index (χ1v) is 8.91. The molecule has 0 atom stereocenters. The number of fused-ring (bicyclic) bond motifs is 3. The second-order valence-corrected chi connectivity index (χ2v) is 6.27. The van der Waals surface area contributed by atoms with Gasteiger partial charge in [0.15, 0.2) is 0 Å². The summed E-state index contributed by atoms with van der Waals surface area (Å²) in [6.07, 6.45) is 2.19. The van der Waals surface area contributed by atoms with E-state index in [9.17, 15) is 4.79 Å². The van der Waals surface area contributed by atoms with E-state index < -0.39 is 0 Å². The molecule has 0 saturated heterocycles. The van der Waals surface area contributed by atoms with Crippen molar-refractivity contribution in [3.63, 3.8) is 0 Å². The minimum atomic E-state index is -0.387. The van der Waals surface area contributed by atoms with Crippen LogP contribution in [0.1, 0.15) is 36.3 Å². The van der Waals surface area contributed by atoms with Crippen LogP contribution in [0.3, 0.4) is 0 Å². The Kier molecular flexibility index (Phi) is 6.12. The molecule has 1 N–H and O–H groups in total. The molecule has 1 aliphatic rings. The highest BCUT2D eigenvalue weighted by Crippen LogP contribution is 2.44. The molecule has 26 heavy (non-hydrogen) atoms. The van der Waals surface area contributed by atoms with Crippen LogP contribution >= 0.6 is 0 Å². The van der Waals surface area contributed by atoms with Gasteiger partial charge in [0.2, 0.25) is 0 Å². The quantitative estimate of drug-likeness (QED) is 0.314. The highest BCUT2D eigenvalue weighted by Gasteiger charge is 2.28. The smallest absolute Gasteiger partial charge is 0.407 e. The van der Waals surface area contributed by atoms with E-state index in [2.05, 4.69) is 39.6 Å². The third-order valence-corrected chi connectivity index (χ3v) is 4.61. The second kappa shape index (κ2) is 8.92. The van der Waals surface area contributed by atoms with Crippen LogP contribution in [0.25, 0.3) is 21.6 Å². The van der Waals surface area contributed by atoms with Gasteiger partial charge >= 0.3 is 6.09 Å². The highest BCUT2D eigenvalue weighted by molar-refractivity contribution is 5.79. The number of nitrogens with zero attached hydrogens (tertiary/aromatic N) is 3. The van der Waals surface area contributed by atoms with Crippen molar-refractivity contribution in [2.75, 3.05) is 19.7 Å². The van der Waals surface area contributed by atoms with Crippen molar-refractivity contribution >= 4 is 6.09 Å². The minimum Gasteiger partial charge on any atom is -0.449 e. The maximum absolute atomic E-state index is 12.0. The first-order valence-electron chi connectivity index (χ1n) is 8.91. The van der Waals surface area contributed by atoms with Gasteiger partial charge in [-0.15, -0.1) is 0 Å². The van der Waals surface area contributed by atoms with Gasteiger partial charge in [0, 0.05) is 23.9 Å². The Morgan fingerprint density at radius 3 is 2.35 bits per heavy atom. The third kappa shape index (κ3) is 4.16. The Balaban J connectivity index is 1.49. The molecule has 2 aromatic carbocycles. The van der Waals surface area contributed by atoms with Crippen LogP contribution in [0.4, 0.5) is 4.79 Å². The predicted molar refractivity (Wildman–Crippen MR) is 101 cm³/mol. The number of nitrogens with one attached hydrogen (secondary N) is 1. The molecular weight excluding hydrogens is 328 g/mol. The Labute approximate surface area is 152 Å². The molecule has 0 fully saturated rings. The monoisotopic (exact) mass is 350 g/mol. The van der Waals surface area contributed by atoms with E-state index in [4.69, 9.17) is 10.3 Å². The van der Waals surface area contributed by atoms with E-state index in [0.29, 0.717) is 19.7 Å². The van der Waals surface area contributed by atoms with Crippen LogP contribution in [0.5, 0.6) is 0 Å². The number of alkyl carbamates (subject to hydrolysis) is 1. The molecule has 1 aliphatic carbocycles. The summed E-state index contributed by atoms with van der Waals surface area (Å²) in [7, 11) is 0. The number of rotatable bonds is 8. The van der Waals surface area contributed by atoms with Gasteiger partial charge in [0.25, 0.3) is 0 Å². The molecule has 0 heterocycles. The van der Waals surface area contributed by atoms with E-state index in [0.717, 1.165) is 19.3 Å². The molecule has 1 amide bonds. The number of unbranched alkanes of at least 4 members (excludes halogenated alkanes) is 2. The SMILES string of the molecule is [N-]=[N+]=NCCCCCNC(=O)OCC1c2ccccc2-c2ccccc21. The first kappa shape index (κ1) is 17.8. The number of azide groups is 1. The van der Waals surface area contributed by atoms with Crippen molar-refractivity contribution in [2.45, 2.75) is 25.2 Å². The summed E-state index contributed by atoms with van der Waals surface area (Å²) in [6.45, 7) is 1.39. The normalized spacial score (nSPS) is 12.0. The van der Waals surface area contributed by atoms with Crippen molar-refractivity contribution < 1.29 is 9.53 Å². The van der Waals surface area contributed by atoms with E-state index in [1.165, 1.54) is 22.3 Å². The molecular formula is C20H22N4O2. The summed E-state index contributed by atoms with van der Waals surface area (Å²) in [6, 6.07) is 16.6. The maximum Gasteiger partial charge on any atom is 0.407 e. The lowest BCUT2D eigenvalue weighted by Crippen LogP contribution is -2.27. The van der Waals surface area contributed by atoms with Crippen LogP contribution < -0.4 is 5.32 Å². The molecule has 0 aromatic heterocycles. The third-order valence-electron chi connectivity index (χ3n) is 4.61. The topological polar surface area (TPSA) is 87.1 Å². The standard InChI is InChI=1S/C20H22N4O2/c21-24-23-13-7-1-6-12-22-20(25)26-14-19-17-10-4-2-8-15(17)16-9-3-5-11-18(16)19/h2-5,8-11,19H,1,6-7,12-14H2,(H,22,25). The van der Waals surface area contributed by atoms with Crippen molar-refractivity contribution in [3.05, 3.63) is 70.1 Å². The summed E-state index contributed by atoms with van der Waals surface area (Å²) in [5, 5.41) is 6.26. The van der Waals surface area contributed by atoms with E-state index in [1.54, 1.807) is 0 Å². The molecule has 0 radical (unpaired) electrons. The van der Waals surface area contributed by atoms with Crippen molar-refractivity contribution in [3.8, 4) is 11.1 Å². The average Bonchev–Trinajstić information content (AvgIpc) is 3.00. The molecule has 0 bridgehead atoms. The molecule has 0 saturated carbocycles. The molecule has 3 rings (SSSR count). The number of hydrogen-bond acceptors (Lipinski definition) is 3. The molecule has 0 aliphatic heterocycles. The summed E-state index contributed by atoms with van der Waals surface area (Å²) in [4.78, 5) is 14.7. The second-order valence-electron chi connectivity index (χ2n) is 6.27. The lowest BCUT2D eigenvalue weighted by Gasteiger charge is -2.14. The number of carbonyl (C=O) groups is 1. The van der Waals surface area contributed by atoms with Crippen LogP contribution in [-0.2, 0) is 4.74 Å². The summed E-state index contributed by atoms with van der Waals surface area (Å²) in [5.74, 6) is 0.0805. The average molecular weight is 350 g/mol. The zero-order valence-corrected chi connectivity index (χ0v) is 14.6. The summed E-state index contributed by atoms with van der Waals surface area (Å²) < 4.78 is 5.47. The van der Waals surface area contributed by atoms with Gasteiger partial charge in [-0.05, 0) is 40.6 Å². The van der Waals surface area contributed by atoms with E-state index in [-0.39, 0.29) is 12.0 Å². The number of hydrogen-bond donors (Lipinski definition) is 1. The summed E-state index contributed by atoms with van der Waals surface area (Å²) in [5.41, 5.74) is 13.1. The Morgan fingerprint density at radius 2 is 1.69 bits per heavy atom. The first-order chi connectivity index (χ1) is 12.8. The van der Waals surface area contributed by atoms with Gasteiger partial charge in [0.05, 0.1) is 0 Å². The molecule has 0 spiro atoms. The zero-order chi connectivity index (χ0) is 18.2. The maximum atomic E-state index is 12.0. The van der Waals surface area contributed by atoms with Gasteiger partial charge in [-0.2, -0.15) is 0 Å². The highest BCUT2D eigenvalue weighted by atomic mass is 16.5. The minimum absolute atomic E-state index is 0.0805. The number of benzene rings is 2. The zero-order valence-electron chi connectivity index (χ0n) is 14.6. The lowest BCUT2D eigenvalue weighted by molar-refractivity contribution is 0.143. The van der Waals surface area contributed by atoms with Gasteiger partial charge < -0.3 is 10.1 Å². The van der Waals surface area contributed by atoms with E-state index in [1.807, 2.05) is 24.3 Å². The summed E-state index contributed by atoms with van der Waals surface area (Å²) >= 11 is 0. The van der Waals surface area contributed by atoms with Gasteiger partial charge in [-0.1, -0.05) is 60.1 Å².